The van der Waals surface area contributed by atoms with Crippen LogP contribution in [0.5, 0.6) is 0 Å². The first-order chi connectivity index (χ1) is 11.1. The third-order valence-electron chi connectivity index (χ3n) is 3.89. The Balaban J connectivity index is 1.72. The number of hydrogen-bond donors (Lipinski definition) is 1. The molecule has 0 spiro atoms. The summed E-state index contributed by atoms with van der Waals surface area (Å²) in [5, 5.41) is 5.10. The van der Waals surface area contributed by atoms with Crippen molar-refractivity contribution < 1.29 is 4.79 Å². The van der Waals surface area contributed by atoms with Gasteiger partial charge in [-0.15, -0.1) is 11.3 Å². The van der Waals surface area contributed by atoms with Crippen LogP contribution in [0.4, 0.5) is 0 Å². The quantitative estimate of drug-likeness (QED) is 0.773. The van der Waals surface area contributed by atoms with Crippen LogP contribution in [0.3, 0.4) is 0 Å². The van der Waals surface area contributed by atoms with Crippen molar-refractivity contribution >= 4 is 17.2 Å². The van der Waals surface area contributed by atoms with Gasteiger partial charge in [-0.25, -0.2) is 4.98 Å². The first-order valence-corrected chi connectivity index (χ1v) is 8.45. The van der Waals surface area contributed by atoms with E-state index in [1.807, 2.05) is 60.3 Å². The van der Waals surface area contributed by atoms with Gasteiger partial charge >= 0.3 is 0 Å². The van der Waals surface area contributed by atoms with E-state index >= 15 is 0 Å². The number of nitrogens with zero attached hydrogens (tertiary/aromatic N) is 2. The van der Waals surface area contributed by atoms with E-state index in [0.29, 0.717) is 0 Å². The van der Waals surface area contributed by atoms with Gasteiger partial charge in [-0.3, -0.25) is 4.79 Å². The molecule has 2 heterocycles. The van der Waals surface area contributed by atoms with Crippen LogP contribution < -0.4 is 5.32 Å². The van der Waals surface area contributed by atoms with Crippen molar-refractivity contribution in [2.24, 2.45) is 0 Å². The summed E-state index contributed by atoms with van der Waals surface area (Å²) in [5.74, 6) is -0.0812. The minimum atomic E-state index is -0.130. The molecular weight excluding hydrogens is 306 g/mol. The van der Waals surface area contributed by atoms with Gasteiger partial charge in [0.05, 0.1) is 18.3 Å². The van der Waals surface area contributed by atoms with E-state index in [1.165, 1.54) is 0 Å². The number of rotatable bonds is 5. The largest absolute Gasteiger partial charge is 0.349 e. The van der Waals surface area contributed by atoms with Crippen molar-refractivity contribution in [1.82, 2.24) is 14.9 Å². The summed E-state index contributed by atoms with van der Waals surface area (Å²) in [6.45, 7) is 3.95. The number of aromatic nitrogens is 2. The molecule has 4 nitrogen and oxygen atoms in total. The number of carbonyl (C=O) groups is 1. The fourth-order valence-electron chi connectivity index (χ4n) is 2.46. The van der Waals surface area contributed by atoms with E-state index in [-0.39, 0.29) is 17.9 Å². The second-order valence-electron chi connectivity index (χ2n) is 5.53. The molecule has 0 radical (unpaired) electrons. The van der Waals surface area contributed by atoms with Crippen molar-refractivity contribution in [1.29, 1.82) is 0 Å². The van der Waals surface area contributed by atoms with E-state index in [2.05, 4.69) is 16.4 Å². The second kappa shape index (κ2) is 6.79. The predicted molar refractivity (Wildman–Crippen MR) is 92.9 cm³/mol. The van der Waals surface area contributed by atoms with Crippen LogP contribution in [0.2, 0.25) is 0 Å². The summed E-state index contributed by atoms with van der Waals surface area (Å²) < 4.78 is 1.95. The Hall–Kier alpha value is -2.40. The Bertz CT molecular complexity index is 765. The molecule has 3 aromatic rings. The van der Waals surface area contributed by atoms with Gasteiger partial charge in [0.1, 0.15) is 0 Å². The highest BCUT2D eigenvalue weighted by molar-refractivity contribution is 7.10. The number of carbonyl (C=O) groups excluding carboxylic acids is 1. The van der Waals surface area contributed by atoms with Crippen LogP contribution in [0, 0.1) is 0 Å². The zero-order valence-corrected chi connectivity index (χ0v) is 14.0. The molecule has 1 aromatic carbocycles. The van der Waals surface area contributed by atoms with Crippen molar-refractivity contribution in [3.63, 3.8) is 0 Å². The number of amides is 1. The zero-order chi connectivity index (χ0) is 16.2. The van der Waals surface area contributed by atoms with Gasteiger partial charge in [0.15, 0.2) is 0 Å². The lowest BCUT2D eigenvalue weighted by molar-refractivity contribution is -0.122. The summed E-state index contributed by atoms with van der Waals surface area (Å²) in [5.41, 5.74) is 2.11. The normalized spacial score (nSPS) is 13.5. The molecule has 0 saturated carbocycles. The highest BCUT2D eigenvalue weighted by Gasteiger charge is 2.18. The standard InChI is InChI=1S/C18H19N3OS/c1-13(17-7-4-10-23-17)18(22)20-14(2)15-5-3-6-16(11-15)21-9-8-19-12-21/h3-14H,1-2H3,(H,20,22)/t13-,14+/m0/s1. The maximum Gasteiger partial charge on any atom is 0.228 e. The Morgan fingerprint density at radius 2 is 2.13 bits per heavy atom. The molecule has 1 amide bonds. The van der Waals surface area contributed by atoms with Crippen LogP contribution >= 0.6 is 11.3 Å². The molecule has 1 N–H and O–H groups in total. The minimum Gasteiger partial charge on any atom is -0.349 e. The van der Waals surface area contributed by atoms with Gasteiger partial charge in [0.25, 0.3) is 0 Å². The molecule has 0 aliphatic carbocycles. The van der Waals surface area contributed by atoms with E-state index in [9.17, 15) is 4.79 Å². The Kier molecular flexibility index (Phi) is 4.57. The molecule has 0 aliphatic heterocycles. The van der Waals surface area contributed by atoms with Gasteiger partial charge in [-0.1, -0.05) is 18.2 Å². The molecule has 0 fully saturated rings. The second-order valence-corrected chi connectivity index (χ2v) is 6.51. The third kappa shape index (κ3) is 3.51. The van der Waals surface area contributed by atoms with Gasteiger partial charge in [-0.05, 0) is 43.0 Å². The first kappa shape index (κ1) is 15.5. The molecule has 3 rings (SSSR count). The molecule has 0 saturated heterocycles. The lowest BCUT2D eigenvalue weighted by Gasteiger charge is -2.18. The highest BCUT2D eigenvalue weighted by atomic mass is 32.1. The van der Waals surface area contributed by atoms with Gasteiger partial charge in [-0.2, -0.15) is 0 Å². The maximum absolute atomic E-state index is 12.4. The Morgan fingerprint density at radius 3 is 2.83 bits per heavy atom. The molecule has 5 heteroatoms. The molecule has 2 atom stereocenters. The fraction of sp³-hybridized carbons (Fsp3) is 0.222. The first-order valence-electron chi connectivity index (χ1n) is 7.57. The summed E-state index contributed by atoms with van der Waals surface area (Å²) >= 11 is 1.61. The van der Waals surface area contributed by atoms with Crippen LogP contribution in [0.15, 0.2) is 60.5 Å². The smallest absolute Gasteiger partial charge is 0.228 e. The van der Waals surface area contributed by atoms with E-state index in [4.69, 9.17) is 0 Å². The number of imidazole rings is 1. The van der Waals surface area contributed by atoms with Crippen molar-refractivity contribution in [2.75, 3.05) is 0 Å². The average Bonchev–Trinajstić information content (AvgIpc) is 3.27. The highest BCUT2D eigenvalue weighted by Crippen LogP contribution is 2.23. The molecule has 0 bridgehead atoms. The minimum absolute atomic E-state index is 0.0478. The topological polar surface area (TPSA) is 46.9 Å². The average molecular weight is 325 g/mol. The maximum atomic E-state index is 12.4. The van der Waals surface area contributed by atoms with Crippen LogP contribution in [0.1, 0.15) is 36.2 Å². The summed E-state index contributed by atoms with van der Waals surface area (Å²) in [4.78, 5) is 17.6. The molecule has 118 valence electrons. The fourth-order valence-corrected chi connectivity index (χ4v) is 3.24. The zero-order valence-electron chi connectivity index (χ0n) is 13.1. The predicted octanol–water partition coefficient (Wildman–Crippen LogP) is 3.91. The molecular formula is C18H19N3OS. The van der Waals surface area contributed by atoms with Crippen LogP contribution in [-0.4, -0.2) is 15.5 Å². The van der Waals surface area contributed by atoms with Crippen molar-refractivity contribution in [3.05, 3.63) is 70.9 Å². The van der Waals surface area contributed by atoms with Crippen molar-refractivity contribution in [3.8, 4) is 5.69 Å². The molecule has 23 heavy (non-hydrogen) atoms. The monoisotopic (exact) mass is 325 g/mol. The van der Waals surface area contributed by atoms with E-state index < -0.39 is 0 Å². The molecule has 0 aliphatic rings. The summed E-state index contributed by atoms with van der Waals surface area (Å²) in [6.07, 6.45) is 5.42. The number of benzene rings is 1. The Morgan fingerprint density at radius 1 is 1.26 bits per heavy atom. The Labute approximate surface area is 139 Å². The van der Waals surface area contributed by atoms with Crippen LogP contribution in [0.25, 0.3) is 5.69 Å². The summed E-state index contributed by atoms with van der Waals surface area (Å²) in [7, 11) is 0. The lowest BCUT2D eigenvalue weighted by Crippen LogP contribution is -2.30. The number of thiophene rings is 1. The lowest BCUT2D eigenvalue weighted by atomic mass is 10.1. The van der Waals surface area contributed by atoms with E-state index in [1.54, 1.807) is 23.9 Å². The number of hydrogen-bond acceptors (Lipinski definition) is 3. The SMILES string of the molecule is C[C@H](C(=O)N[C@H](C)c1cccc(-n2ccnc2)c1)c1cccs1. The van der Waals surface area contributed by atoms with E-state index in [0.717, 1.165) is 16.1 Å². The molecule has 2 aromatic heterocycles. The summed E-state index contributed by atoms with van der Waals surface area (Å²) in [6, 6.07) is 12.0. The van der Waals surface area contributed by atoms with Gasteiger partial charge < -0.3 is 9.88 Å². The van der Waals surface area contributed by atoms with Gasteiger partial charge in [0, 0.05) is 23.0 Å². The van der Waals surface area contributed by atoms with Crippen molar-refractivity contribution in [2.45, 2.75) is 25.8 Å². The number of nitrogens with one attached hydrogen (secondary N) is 1. The molecule has 0 unspecified atom stereocenters. The van der Waals surface area contributed by atoms with Crippen LogP contribution in [-0.2, 0) is 4.79 Å². The third-order valence-corrected chi connectivity index (χ3v) is 4.95. The van der Waals surface area contributed by atoms with Gasteiger partial charge in [0.2, 0.25) is 5.91 Å².